The molecule has 1 heterocycles. The molecule has 1 N–H and O–H groups in total. The number of ether oxygens (including phenoxy) is 1. The van der Waals surface area contributed by atoms with E-state index in [4.69, 9.17) is 4.74 Å². The average Bonchev–Trinajstić information content (AvgIpc) is 2.98. The van der Waals surface area contributed by atoms with Gasteiger partial charge in [-0.05, 0) is 30.3 Å². The molecule has 0 atom stereocenters. The number of hydrogen-bond donors (Lipinski definition) is 1. The fourth-order valence-electron chi connectivity index (χ4n) is 1.92. The van der Waals surface area contributed by atoms with Crippen molar-refractivity contribution in [2.75, 3.05) is 0 Å². The van der Waals surface area contributed by atoms with Gasteiger partial charge >= 0.3 is 0 Å². The molecule has 3 rings (SSSR count). The van der Waals surface area contributed by atoms with E-state index in [0.717, 1.165) is 17.6 Å². The summed E-state index contributed by atoms with van der Waals surface area (Å²) >= 11 is 0. The zero-order valence-electron chi connectivity index (χ0n) is 10.6. The number of carbonyl (C=O) groups excluding carboxylic acids is 1. The predicted molar refractivity (Wildman–Crippen MR) is 75.9 cm³/mol. The summed E-state index contributed by atoms with van der Waals surface area (Å²) in [6.45, 7) is 0. The number of aromatic nitrogens is 2. The van der Waals surface area contributed by atoms with Crippen LogP contribution in [0.2, 0.25) is 0 Å². The molecular weight excluding hydrogens is 252 g/mol. The zero-order valence-corrected chi connectivity index (χ0v) is 10.6. The first-order valence-corrected chi connectivity index (χ1v) is 6.20. The Balaban J connectivity index is 1.98. The van der Waals surface area contributed by atoms with Crippen LogP contribution in [-0.4, -0.2) is 16.5 Å². The molecule has 20 heavy (non-hydrogen) atoms. The van der Waals surface area contributed by atoms with Gasteiger partial charge in [-0.3, -0.25) is 9.89 Å². The molecule has 0 unspecified atom stereocenters. The molecule has 0 aliphatic heterocycles. The highest BCUT2D eigenvalue weighted by Gasteiger charge is 2.10. The SMILES string of the molecule is O=Cc1cc(-c2ccccc2Oc2ccccc2)n[nH]1. The third kappa shape index (κ3) is 2.44. The quantitative estimate of drug-likeness (QED) is 0.731. The van der Waals surface area contributed by atoms with E-state index in [1.807, 2.05) is 54.6 Å². The predicted octanol–water partition coefficient (Wildman–Crippen LogP) is 3.68. The van der Waals surface area contributed by atoms with Crippen LogP contribution in [0.15, 0.2) is 60.7 Å². The molecule has 98 valence electrons. The number of nitrogens with zero attached hydrogens (tertiary/aromatic N) is 1. The molecule has 0 aliphatic carbocycles. The molecule has 0 saturated heterocycles. The van der Waals surface area contributed by atoms with Crippen molar-refractivity contribution >= 4 is 6.29 Å². The molecule has 3 aromatic rings. The number of para-hydroxylation sites is 2. The molecular formula is C16H12N2O2. The Morgan fingerprint density at radius 1 is 1.00 bits per heavy atom. The van der Waals surface area contributed by atoms with E-state index in [9.17, 15) is 4.79 Å². The smallest absolute Gasteiger partial charge is 0.167 e. The lowest BCUT2D eigenvalue weighted by atomic mass is 10.1. The van der Waals surface area contributed by atoms with Crippen molar-refractivity contribution in [1.29, 1.82) is 0 Å². The van der Waals surface area contributed by atoms with Crippen molar-refractivity contribution in [1.82, 2.24) is 10.2 Å². The van der Waals surface area contributed by atoms with Gasteiger partial charge in [-0.1, -0.05) is 30.3 Å². The van der Waals surface area contributed by atoms with Crippen LogP contribution >= 0.6 is 0 Å². The van der Waals surface area contributed by atoms with Crippen molar-refractivity contribution in [3.63, 3.8) is 0 Å². The first-order chi connectivity index (χ1) is 9.86. The van der Waals surface area contributed by atoms with Crippen LogP contribution in [0.1, 0.15) is 10.5 Å². The van der Waals surface area contributed by atoms with Crippen LogP contribution in [0.3, 0.4) is 0 Å². The van der Waals surface area contributed by atoms with Crippen LogP contribution in [-0.2, 0) is 0 Å². The summed E-state index contributed by atoms with van der Waals surface area (Å²) in [6.07, 6.45) is 0.733. The summed E-state index contributed by atoms with van der Waals surface area (Å²) in [5.74, 6) is 1.45. The largest absolute Gasteiger partial charge is 0.457 e. The Morgan fingerprint density at radius 3 is 2.50 bits per heavy atom. The third-order valence-corrected chi connectivity index (χ3v) is 2.86. The number of hydrogen-bond acceptors (Lipinski definition) is 3. The first-order valence-electron chi connectivity index (χ1n) is 6.20. The van der Waals surface area contributed by atoms with Crippen LogP contribution in [0.4, 0.5) is 0 Å². The fourth-order valence-corrected chi connectivity index (χ4v) is 1.92. The topological polar surface area (TPSA) is 55.0 Å². The van der Waals surface area contributed by atoms with Gasteiger partial charge in [0, 0.05) is 5.56 Å². The van der Waals surface area contributed by atoms with Gasteiger partial charge in [0.2, 0.25) is 0 Å². The van der Waals surface area contributed by atoms with E-state index < -0.39 is 0 Å². The Kier molecular flexibility index (Phi) is 3.29. The van der Waals surface area contributed by atoms with Gasteiger partial charge in [-0.2, -0.15) is 5.10 Å². The van der Waals surface area contributed by atoms with Gasteiger partial charge in [0.05, 0.1) is 11.4 Å². The molecule has 0 aliphatic rings. The maximum absolute atomic E-state index is 10.7. The van der Waals surface area contributed by atoms with Crippen molar-refractivity contribution in [3.8, 4) is 22.8 Å². The van der Waals surface area contributed by atoms with E-state index in [-0.39, 0.29) is 0 Å². The lowest BCUT2D eigenvalue weighted by molar-refractivity contribution is 0.111. The molecule has 0 radical (unpaired) electrons. The monoisotopic (exact) mass is 264 g/mol. The summed E-state index contributed by atoms with van der Waals surface area (Å²) in [4.78, 5) is 10.7. The molecule has 4 nitrogen and oxygen atoms in total. The number of benzene rings is 2. The Hall–Kier alpha value is -2.88. The summed E-state index contributed by atoms with van der Waals surface area (Å²) in [5.41, 5.74) is 1.95. The second kappa shape index (κ2) is 5.40. The van der Waals surface area contributed by atoms with Gasteiger partial charge in [-0.25, -0.2) is 0 Å². The summed E-state index contributed by atoms with van der Waals surface area (Å²) in [7, 11) is 0. The number of rotatable bonds is 4. The van der Waals surface area contributed by atoms with Gasteiger partial charge in [0.25, 0.3) is 0 Å². The summed E-state index contributed by atoms with van der Waals surface area (Å²) in [5, 5.41) is 6.79. The highest BCUT2D eigenvalue weighted by atomic mass is 16.5. The molecule has 0 fully saturated rings. The number of carbonyl (C=O) groups is 1. The fraction of sp³-hybridized carbons (Fsp3) is 0. The van der Waals surface area contributed by atoms with E-state index in [1.54, 1.807) is 6.07 Å². The highest BCUT2D eigenvalue weighted by Crippen LogP contribution is 2.32. The number of aromatic amines is 1. The van der Waals surface area contributed by atoms with Crippen molar-refractivity contribution in [2.45, 2.75) is 0 Å². The second-order valence-electron chi connectivity index (χ2n) is 4.24. The number of H-pyrrole nitrogens is 1. The third-order valence-electron chi connectivity index (χ3n) is 2.86. The standard InChI is InChI=1S/C16H12N2O2/c19-11-12-10-15(18-17-12)14-8-4-5-9-16(14)20-13-6-2-1-3-7-13/h1-11H,(H,17,18). The minimum atomic E-state index is 0.439. The van der Waals surface area contributed by atoms with E-state index in [0.29, 0.717) is 17.1 Å². The van der Waals surface area contributed by atoms with Crippen molar-refractivity contribution < 1.29 is 9.53 Å². The normalized spacial score (nSPS) is 10.2. The van der Waals surface area contributed by atoms with Crippen LogP contribution < -0.4 is 4.74 Å². The molecule has 4 heteroatoms. The van der Waals surface area contributed by atoms with Crippen LogP contribution in [0.25, 0.3) is 11.3 Å². The minimum Gasteiger partial charge on any atom is -0.457 e. The van der Waals surface area contributed by atoms with E-state index >= 15 is 0 Å². The Bertz CT molecular complexity index is 720. The molecule has 0 saturated carbocycles. The number of nitrogens with one attached hydrogen (secondary N) is 1. The van der Waals surface area contributed by atoms with Gasteiger partial charge < -0.3 is 4.74 Å². The van der Waals surface area contributed by atoms with Gasteiger partial charge in [0.1, 0.15) is 11.5 Å². The molecule has 2 aromatic carbocycles. The van der Waals surface area contributed by atoms with Crippen molar-refractivity contribution in [3.05, 3.63) is 66.4 Å². The minimum absolute atomic E-state index is 0.439. The molecule has 1 aromatic heterocycles. The molecule has 0 spiro atoms. The van der Waals surface area contributed by atoms with Crippen molar-refractivity contribution in [2.24, 2.45) is 0 Å². The lowest BCUT2D eigenvalue weighted by Crippen LogP contribution is -1.88. The van der Waals surface area contributed by atoms with Gasteiger partial charge in [0.15, 0.2) is 6.29 Å². The number of aldehydes is 1. The maximum Gasteiger partial charge on any atom is 0.167 e. The van der Waals surface area contributed by atoms with Crippen LogP contribution in [0, 0.1) is 0 Å². The van der Waals surface area contributed by atoms with E-state index in [2.05, 4.69) is 10.2 Å². The van der Waals surface area contributed by atoms with Crippen LogP contribution in [0.5, 0.6) is 11.5 Å². The maximum atomic E-state index is 10.7. The first kappa shape index (κ1) is 12.2. The lowest BCUT2D eigenvalue weighted by Gasteiger charge is -2.09. The van der Waals surface area contributed by atoms with E-state index in [1.165, 1.54) is 0 Å². The Morgan fingerprint density at radius 2 is 1.75 bits per heavy atom. The average molecular weight is 264 g/mol. The zero-order chi connectivity index (χ0) is 13.8. The van der Waals surface area contributed by atoms with Gasteiger partial charge in [-0.15, -0.1) is 0 Å². The molecule has 0 amide bonds. The molecule has 0 bridgehead atoms. The summed E-state index contributed by atoms with van der Waals surface area (Å²) in [6, 6.07) is 18.8. The Labute approximate surface area is 116 Å². The highest BCUT2D eigenvalue weighted by molar-refractivity contribution is 5.77. The summed E-state index contributed by atoms with van der Waals surface area (Å²) < 4.78 is 5.86. The second-order valence-corrected chi connectivity index (χ2v) is 4.24.